The van der Waals surface area contributed by atoms with Gasteiger partial charge in [-0.2, -0.15) is 0 Å². The monoisotopic (exact) mass is 334 g/mol. The number of nitrogens with zero attached hydrogens (tertiary/aromatic N) is 4. The van der Waals surface area contributed by atoms with Gasteiger partial charge in [0.2, 0.25) is 0 Å². The first-order valence-electron chi connectivity index (χ1n) is 8.64. The summed E-state index contributed by atoms with van der Waals surface area (Å²) in [4.78, 5) is 14.1. The summed E-state index contributed by atoms with van der Waals surface area (Å²) >= 11 is 0. The van der Waals surface area contributed by atoms with E-state index in [1.54, 1.807) is 7.11 Å². The van der Waals surface area contributed by atoms with Crippen molar-refractivity contribution in [3.05, 3.63) is 60.4 Å². The number of para-hydroxylation sites is 1. The molecule has 25 heavy (non-hydrogen) atoms. The van der Waals surface area contributed by atoms with Crippen LogP contribution in [0.2, 0.25) is 0 Å². The standard InChI is InChI=1S/C20H22N4O/c1-25-18-7-4-5-16-8-9-19(22-20(16)18)24-13-11-23(12-14-24)15-17-6-2-3-10-21-17/h2-10H,11-15H2,1H3. The molecule has 3 heterocycles. The van der Waals surface area contributed by atoms with Crippen molar-refractivity contribution in [2.75, 3.05) is 38.2 Å². The fourth-order valence-electron chi connectivity index (χ4n) is 3.31. The fourth-order valence-corrected chi connectivity index (χ4v) is 3.31. The van der Waals surface area contributed by atoms with Gasteiger partial charge in [0.1, 0.15) is 17.1 Å². The second-order valence-electron chi connectivity index (χ2n) is 6.29. The molecule has 4 rings (SSSR count). The molecule has 1 aromatic carbocycles. The minimum atomic E-state index is 0.827. The molecule has 0 N–H and O–H groups in total. The third-order valence-corrected chi connectivity index (χ3v) is 4.70. The lowest BCUT2D eigenvalue weighted by atomic mass is 10.2. The maximum Gasteiger partial charge on any atom is 0.145 e. The van der Waals surface area contributed by atoms with Gasteiger partial charge in [0.25, 0.3) is 0 Å². The molecule has 2 aromatic heterocycles. The summed E-state index contributed by atoms with van der Waals surface area (Å²) in [5.41, 5.74) is 2.06. The van der Waals surface area contributed by atoms with E-state index >= 15 is 0 Å². The highest BCUT2D eigenvalue weighted by Crippen LogP contribution is 2.26. The molecule has 0 saturated carbocycles. The topological polar surface area (TPSA) is 41.5 Å². The number of ether oxygens (including phenoxy) is 1. The molecule has 0 amide bonds. The molecule has 1 fully saturated rings. The van der Waals surface area contributed by atoms with Crippen LogP contribution in [0.4, 0.5) is 5.82 Å². The minimum absolute atomic E-state index is 0.827. The predicted octanol–water partition coefficient (Wildman–Crippen LogP) is 2.96. The van der Waals surface area contributed by atoms with E-state index < -0.39 is 0 Å². The van der Waals surface area contributed by atoms with Crippen molar-refractivity contribution in [3.63, 3.8) is 0 Å². The molecular formula is C20H22N4O. The van der Waals surface area contributed by atoms with Crippen LogP contribution in [0.1, 0.15) is 5.69 Å². The second kappa shape index (κ2) is 7.07. The third kappa shape index (κ3) is 3.42. The molecule has 3 aromatic rings. The maximum atomic E-state index is 5.46. The first-order chi connectivity index (χ1) is 12.3. The molecule has 5 nitrogen and oxygen atoms in total. The molecule has 1 aliphatic heterocycles. The van der Waals surface area contributed by atoms with Gasteiger partial charge in [-0.15, -0.1) is 0 Å². The number of anilines is 1. The summed E-state index contributed by atoms with van der Waals surface area (Å²) in [5.74, 6) is 1.85. The summed E-state index contributed by atoms with van der Waals surface area (Å²) in [6.45, 7) is 4.89. The van der Waals surface area contributed by atoms with Gasteiger partial charge < -0.3 is 9.64 Å². The lowest BCUT2D eigenvalue weighted by Crippen LogP contribution is -2.46. The third-order valence-electron chi connectivity index (χ3n) is 4.70. The van der Waals surface area contributed by atoms with Gasteiger partial charge >= 0.3 is 0 Å². The minimum Gasteiger partial charge on any atom is -0.494 e. The van der Waals surface area contributed by atoms with E-state index in [1.165, 1.54) is 0 Å². The first-order valence-corrected chi connectivity index (χ1v) is 8.64. The van der Waals surface area contributed by atoms with Gasteiger partial charge in [-0.3, -0.25) is 9.88 Å². The number of fused-ring (bicyclic) bond motifs is 1. The van der Waals surface area contributed by atoms with Crippen molar-refractivity contribution in [1.82, 2.24) is 14.9 Å². The van der Waals surface area contributed by atoms with Gasteiger partial charge in [0.15, 0.2) is 0 Å². The maximum absolute atomic E-state index is 5.46. The summed E-state index contributed by atoms with van der Waals surface area (Å²) in [6, 6.07) is 16.4. The van der Waals surface area contributed by atoms with Crippen molar-refractivity contribution in [2.24, 2.45) is 0 Å². The van der Waals surface area contributed by atoms with Gasteiger partial charge in [-0.1, -0.05) is 18.2 Å². The summed E-state index contributed by atoms with van der Waals surface area (Å²) in [5, 5.41) is 1.11. The molecule has 0 spiro atoms. The molecular weight excluding hydrogens is 312 g/mol. The van der Waals surface area contributed by atoms with Gasteiger partial charge in [0, 0.05) is 44.3 Å². The van der Waals surface area contributed by atoms with Crippen LogP contribution in [-0.4, -0.2) is 48.2 Å². The molecule has 128 valence electrons. The molecule has 5 heteroatoms. The Balaban J connectivity index is 1.46. The number of pyridine rings is 2. The van der Waals surface area contributed by atoms with Gasteiger partial charge in [0.05, 0.1) is 12.8 Å². The largest absolute Gasteiger partial charge is 0.494 e. The van der Waals surface area contributed by atoms with Crippen molar-refractivity contribution in [2.45, 2.75) is 6.54 Å². The van der Waals surface area contributed by atoms with Crippen molar-refractivity contribution < 1.29 is 4.74 Å². The number of benzene rings is 1. The van der Waals surface area contributed by atoms with Crippen LogP contribution >= 0.6 is 0 Å². The highest BCUT2D eigenvalue weighted by atomic mass is 16.5. The highest BCUT2D eigenvalue weighted by Gasteiger charge is 2.19. The van der Waals surface area contributed by atoms with E-state index in [-0.39, 0.29) is 0 Å². The molecule has 0 unspecified atom stereocenters. The Morgan fingerprint density at radius 1 is 0.960 bits per heavy atom. The molecule has 0 radical (unpaired) electrons. The Kier molecular flexibility index (Phi) is 4.48. The molecule has 0 atom stereocenters. The number of piperazine rings is 1. The Bertz CT molecular complexity index is 845. The van der Waals surface area contributed by atoms with Crippen molar-refractivity contribution >= 4 is 16.7 Å². The second-order valence-corrected chi connectivity index (χ2v) is 6.29. The number of hydrogen-bond donors (Lipinski definition) is 0. The molecule has 1 aliphatic rings. The highest BCUT2D eigenvalue weighted by molar-refractivity contribution is 5.85. The smallest absolute Gasteiger partial charge is 0.145 e. The van der Waals surface area contributed by atoms with E-state index in [2.05, 4.69) is 39.0 Å². The summed E-state index contributed by atoms with van der Waals surface area (Å²) in [6.07, 6.45) is 1.86. The van der Waals surface area contributed by atoms with Crippen LogP contribution in [-0.2, 0) is 6.54 Å². The van der Waals surface area contributed by atoms with E-state index in [9.17, 15) is 0 Å². The van der Waals surface area contributed by atoms with Crippen LogP contribution in [0.3, 0.4) is 0 Å². The van der Waals surface area contributed by atoms with Crippen LogP contribution < -0.4 is 9.64 Å². The average Bonchev–Trinajstić information content (AvgIpc) is 2.68. The van der Waals surface area contributed by atoms with Crippen LogP contribution in [0, 0.1) is 0 Å². The number of hydrogen-bond acceptors (Lipinski definition) is 5. The molecule has 1 saturated heterocycles. The van der Waals surface area contributed by atoms with E-state index in [4.69, 9.17) is 9.72 Å². The number of rotatable bonds is 4. The van der Waals surface area contributed by atoms with Crippen LogP contribution in [0.25, 0.3) is 10.9 Å². The average molecular weight is 334 g/mol. The number of aromatic nitrogens is 2. The fraction of sp³-hybridized carbons (Fsp3) is 0.300. The molecule has 0 aliphatic carbocycles. The van der Waals surface area contributed by atoms with Crippen molar-refractivity contribution in [1.29, 1.82) is 0 Å². The zero-order valence-electron chi connectivity index (χ0n) is 14.4. The first kappa shape index (κ1) is 15.8. The summed E-state index contributed by atoms with van der Waals surface area (Å²) < 4.78 is 5.46. The zero-order valence-corrected chi connectivity index (χ0v) is 14.4. The van der Waals surface area contributed by atoms with Crippen molar-refractivity contribution in [3.8, 4) is 5.75 Å². The Morgan fingerprint density at radius 3 is 2.60 bits per heavy atom. The Hall–Kier alpha value is -2.66. The van der Waals surface area contributed by atoms with E-state index in [0.29, 0.717) is 0 Å². The van der Waals surface area contributed by atoms with Crippen LogP contribution in [0.15, 0.2) is 54.7 Å². The van der Waals surface area contributed by atoms with Gasteiger partial charge in [-0.25, -0.2) is 4.98 Å². The quantitative estimate of drug-likeness (QED) is 0.734. The zero-order chi connectivity index (χ0) is 17.1. The van der Waals surface area contributed by atoms with E-state index in [1.807, 2.05) is 30.5 Å². The van der Waals surface area contributed by atoms with Gasteiger partial charge in [-0.05, 0) is 30.3 Å². The Morgan fingerprint density at radius 2 is 1.84 bits per heavy atom. The lowest BCUT2D eigenvalue weighted by Gasteiger charge is -2.35. The van der Waals surface area contributed by atoms with Crippen LogP contribution in [0.5, 0.6) is 5.75 Å². The van der Waals surface area contributed by atoms with E-state index in [0.717, 1.165) is 60.9 Å². The molecule has 0 bridgehead atoms. The summed E-state index contributed by atoms with van der Waals surface area (Å²) in [7, 11) is 1.69. The SMILES string of the molecule is COc1cccc2ccc(N3CCN(Cc4ccccn4)CC3)nc12. The Labute approximate surface area is 147 Å². The number of methoxy groups -OCH3 is 1. The predicted molar refractivity (Wildman–Crippen MR) is 100 cm³/mol. The lowest BCUT2D eigenvalue weighted by molar-refractivity contribution is 0.246. The normalized spacial score (nSPS) is 15.5.